The monoisotopic (exact) mass is 284 g/mol. The summed E-state index contributed by atoms with van der Waals surface area (Å²) in [5.74, 6) is 2.97. The maximum Gasteiger partial charge on any atom is -0.0156 e. The Morgan fingerprint density at radius 3 is 2.14 bits per heavy atom. The summed E-state index contributed by atoms with van der Waals surface area (Å²) < 4.78 is 0. The van der Waals surface area contributed by atoms with Crippen molar-refractivity contribution in [1.29, 1.82) is 0 Å². The summed E-state index contributed by atoms with van der Waals surface area (Å²) in [6.45, 7) is 2.29. The molecule has 0 amide bonds. The fourth-order valence-electron chi connectivity index (χ4n) is 4.72. The molecule has 2 fully saturated rings. The zero-order valence-corrected chi connectivity index (χ0v) is 13.8. The van der Waals surface area contributed by atoms with E-state index in [9.17, 15) is 0 Å². The van der Waals surface area contributed by atoms with Crippen molar-refractivity contribution in [3.63, 3.8) is 0 Å². The Hall–Kier alpha value is -0.780. The molecule has 2 saturated carbocycles. The fourth-order valence-corrected chi connectivity index (χ4v) is 4.72. The van der Waals surface area contributed by atoms with Gasteiger partial charge < -0.3 is 0 Å². The van der Waals surface area contributed by atoms with Gasteiger partial charge in [0.2, 0.25) is 0 Å². The van der Waals surface area contributed by atoms with Crippen molar-refractivity contribution in [2.45, 2.75) is 83.5 Å². The van der Waals surface area contributed by atoms with Crippen molar-refractivity contribution in [2.24, 2.45) is 11.8 Å². The fraction of sp³-hybridized carbons (Fsp3) is 0.714. The highest BCUT2D eigenvalue weighted by Crippen LogP contribution is 2.48. The quantitative estimate of drug-likeness (QED) is 0.523. The van der Waals surface area contributed by atoms with Gasteiger partial charge in [0.1, 0.15) is 0 Å². The summed E-state index contributed by atoms with van der Waals surface area (Å²) in [6.07, 6.45) is 15.7. The van der Waals surface area contributed by atoms with E-state index in [4.69, 9.17) is 0 Å². The molecular formula is C21H32. The van der Waals surface area contributed by atoms with Gasteiger partial charge in [-0.25, -0.2) is 0 Å². The minimum absolute atomic E-state index is 0.868. The molecule has 2 aliphatic rings. The minimum Gasteiger partial charge on any atom is -0.0654 e. The molecule has 2 atom stereocenters. The SMILES string of the molecule is CCCCCCc1ccc(C2CC3CCCCC3C2)cc1. The lowest BCUT2D eigenvalue weighted by atomic mass is 9.82. The van der Waals surface area contributed by atoms with E-state index in [0.29, 0.717) is 0 Å². The molecule has 116 valence electrons. The summed E-state index contributed by atoms with van der Waals surface area (Å²) in [5.41, 5.74) is 3.17. The smallest absolute Gasteiger partial charge is 0.0156 e. The number of aryl methyl sites for hydroxylation is 1. The van der Waals surface area contributed by atoms with Crippen LogP contribution >= 0.6 is 0 Å². The maximum absolute atomic E-state index is 2.44. The van der Waals surface area contributed by atoms with Gasteiger partial charge in [0.05, 0.1) is 0 Å². The standard InChI is InChI=1S/C21H32/c1-2-3-4-5-8-17-11-13-18(14-12-17)21-15-19-9-6-7-10-20(19)16-21/h11-14,19-21H,2-10,15-16H2,1H3. The minimum atomic E-state index is 0.868. The lowest BCUT2D eigenvalue weighted by molar-refractivity contribution is 0.277. The first kappa shape index (κ1) is 15.1. The molecule has 0 heteroatoms. The number of hydrogen-bond donors (Lipinski definition) is 0. The zero-order chi connectivity index (χ0) is 14.5. The molecule has 2 aliphatic carbocycles. The highest BCUT2D eigenvalue weighted by atomic mass is 14.4. The summed E-state index contributed by atoms with van der Waals surface area (Å²) >= 11 is 0. The molecule has 2 unspecified atom stereocenters. The number of fused-ring (bicyclic) bond motifs is 1. The van der Waals surface area contributed by atoms with Crippen LogP contribution < -0.4 is 0 Å². The van der Waals surface area contributed by atoms with Crippen LogP contribution in [0.25, 0.3) is 0 Å². The molecule has 0 aliphatic heterocycles. The van der Waals surface area contributed by atoms with Crippen molar-refractivity contribution in [3.8, 4) is 0 Å². The van der Waals surface area contributed by atoms with Gasteiger partial charge in [-0.05, 0) is 54.6 Å². The number of benzene rings is 1. The highest BCUT2D eigenvalue weighted by molar-refractivity contribution is 5.26. The van der Waals surface area contributed by atoms with Crippen LogP contribution in [0.4, 0.5) is 0 Å². The molecule has 0 nitrogen and oxygen atoms in total. The second-order valence-electron chi connectivity index (χ2n) is 7.53. The van der Waals surface area contributed by atoms with Gasteiger partial charge >= 0.3 is 0 Å². The van der Waals surface area contributed by atoms with E-state index in [1.54, 1.807) is 11.1 Å². The van der Waals surface area contributed by atoms with Gasteiger partial charge in [0.15, 0.2) is 0 Å². The molecule has 0 N–H and O–H groups in total. The van der Waals surface area contributed by atoms with E-state index in [-0.39, 0.29) is 0 Å². The van der Waals surface area contributed by atoms with Gasteiger partial charge in [-0.15, -0.1) is 0 Å². The summed E-state index contributed by atoms with van der Waals surface area (Å²) in [7, 11) is 0. The van der Waals surface area contributed by atoms with Crippen molar-refractivity contribution in [3.05, 3.63) is 35.4 Å². The predicted molar refractivity (Wildman–Crippen MR) is 91.7 cm³/mol. The summed E-state index contributed by atoms with van der Waals surface area (Å²) in [5, 5.41) is 0. The van der Waals surface area contributed by atoms with Crippen molar-refractivity contribution in [2.75, 3.05) is 0 Å². The average Bonchev–Trinajstić information content (AvgIpc) is 2.96. The Bertz CT molecular complexity index is 402. The lowest BCUT2D eigenvalue weighted by Crippen LogP contribution is -2.12. The summed E-state index contributed by atoms with van der Waals surface area (Å²) in [6, 6.07) is 9.70. The van der Waals surface area contributed by atoms with Gasteiger partial charge in [0.25, 0.3) is 0 Å². The molecular weight excluding hydrogens is 252 g/mol. The Kier molecular flexibility index (Phi) is 5.38. The van der Waals surface area contributed by atoms with Crippen molar-refractivity contribution >= 4 is 0 Å². The van der Waals surface area contributed by atoms with Crippen LogP contribution in [-0.2, 0) is 6.42 Å². The Labute approximate surface area is 131 Å². The number of unbranched alkanes of at least 4 members (excludes halogenated alkanes) is 3. The molecule has 0 heterocycles. The molecule has 0 bridgehead atoms. The van der Waals surface area contributed by atoms with Crippen LogP contribution in [0.15, 0.2) is 24.3 Å². The molecule has 0 aromatic heterocycles. The van der Waals surface area contributed by atoms with Crippen LogP contribution in [0, 0.1) is 11.8 Å². The van der Waals surface area contributed by atoms with E-state index >= 15 is 0 Å². The first-order valence-corrected chi connectivity index (χ1v) is 9.45. The van der Waals surface area contributed by atoms with Gasteiger partial charge in [0, 0.05) is 0 Å². The third-order valence-corrected chi connectivity index (χ3v) is 6.01. The van der Waals surface area contributed by atoms with Crippen molar-refractivity contribution in [1.82, 2.24) is 0 Å². The first-order chi connectivity index (χ1) is 10.4. The number of rotatable bonds is 6. The van der Waals surface area contributed by atoms with E-state index in [1.807, 2.05) is 0 Å². The Morgan fingerprint density at radius 2 is 1.52 bits per heavy atom. The topological polar surface area (TPSA) is 0 Å². The van der Waals surface area contributed by atoms with Gasteiger partial charge in [-0.1, -0.05) is 76.1 Å². The highest BCUT2D eigenvalue weighted by Gasteiger charge is 2.35. The molecule has 0 saturated heterocycles. The Balaban J connectivity index is 1.52. The molecule has 0 radical (unpaired) electrons. The molecule has 3 rings (SSSR count). The third kappa shape index (κ3) is 3.90. The van der Waals surface area contributed by atoms with Crippen LogP contribution in [0.5, 0.6) is 0 Å². The van der Waals surface area contributed by atoms with E-state index < -0.39 is 0 Å². The van der Waals surface area contributed by atoms with Crippen molar-refractivity contribution < 1.29 is 0 Å². The molecule has 21 heavy (non-hydrogen) atoms. The third-order valence-electron chi connectivity index (χ3n) is 6.01. The average molecular weight is 284 g/mol. The van der Waals surface area contributed by atoms with Crippen LogP contribution in [0.1, 0.15) is 88.2 Å². The Morgan fingerprint density at radius 1 is 0.857 bits per heavy atom. The predicted octanol–water partition coefficient (Wildman–Crippen LogP) is 6.49. The zero-order valence-electron chi connectivity index (χ0n) is 13.8. The molecule has 1 aromatic rings. The first-order valence-electron chi connectivity index (χ1n) is 9.45. The van der Waals surface area contributed by atoms with E-state index in [1.165, 1.54) is 70.6 Å². The molecule has 0 spiro atoms. The second kappa shape index (κ2) is 7.47. The second-order valence-corrected chi connectivity index (χ2v) is 7.53. The lowest BCUT2D eigenvalue weighted by Gasteiger charge is -2.24. The van der Waals surface area contributed by atoms with Crippen LogP contribution in [0.3, 0.4) is 0 Å². The summed E-state index contributed by atoms with van der Waals surface area (Å²) in [4.78, 5) is 0. The van der Waals surface area contributed by atoms with E-state index in [2.05, 4.69) is 31.2 Å². The largest absolute Gasteiger partial charge is 0.0654 e. The van der Waals surface area contributed by atoms with Gasteiger partial charge in [-0.3, -0.25) is 0 Å². The number of hydrogen-bond acceptors (Lipinski definition) is 0. The van der Waals surface area contributed by atoms with Crippen LogP contribution in [-0.4, -0.2) is 0 Å². The molecule has 1 aromatic carbocycles. The van der Waals surface area contributed by atoms with E-state index in [0.717, 1.165) is 17.8 Å². The normalized spacial score (nSPS) is 28.5. The van der Waals surface area contributed by atoms with Gasteiger partial charge in [-0.2, -0.15) is 0 Å². The van der Waals surface area contributed by atoms with Crippen LogP contribution in [0.2, 0.25) is 0 Å². The maximum atomic E-state index is 2.44.